The quantitative estimate of drug-likeness (QED) is 0.0692. The first-order valence-corrected chi connectivity index (χ1v) is 25.2. The van der Waals surface area contributed by atoms with E-state index in [2.05, 4.69) is 220 Å². The molecule has 0 aromatic heterocycles. The summed E-state index contributed by atoms with van der Waals surface area (Å²) >= 11 is 0. The Morgan fingerprint density at radius 2 is 0.678 bits per heavy atom. The molecule has 2 saturated carbocycles. The van der Waals surface area contributed by atoms with Crippen LogP contribution in [0.3, 0.4) is 0 Å². The van der Waals surface area contributed by atoms with Crippen molar-refractivity contribution < 1.29 is 17.1 Å². The molecule has 310 valence electrons. The van der Waals surface area contributed by atoms with Crippen molar-refractivity contribution in [3.8, 4) is 0 Å². The van der Waals surface area contributed by atoms with Crippen LogP contribution in [0.25, 0.3) is 0 Å². The molecule has 0 aliphatic heterocycles. The Labute approximate surface area is 371 Å². The van der Waals surface area contributed by atoms with Gasteiger partial charge >= 0.3 is 17.1 Å². The first-order chi connectivity index (χ1) is 27.5. The van der Waals surface area contributed by atoms with Gasteiger partial charge in [0.2, 0.25) is 0 Å². The summed E-state index contributed by atoms with van der Waals surface area (Å²) in [6, 6.07) is 68.5. The van der Waals surface area contributed by atoms with Gasteiger partial charge in [-0.15, -0.1) is 0 Å². The molecule has 0 amide bonds. The van der Waals surface area contributed by atoms with Gasteiger partial charge in [-0.2, -0.15) is 0 Å². The van der Waals surface area contributed by atoms with Crippen molar-refractivity contribution in [2.24, 2.45) is 11.8 Å². The summed E-state index contributed by atoms with van der Waals surface area (Å²) in [4.78, 5) is 4.82. The van der Waals surface area contributed by atoms with Crippen molar-refractivity contribution in [2.45, 2.75) is 49.6 Å². The minimum absolute atomic E-state index is 0. The maximum Gasteiger partial charge on any atom is 2.00 e. The molecule has 0 saturated heterocycles. The molecule has 3 atom stereocenters. The zero-order chi connectivity index (χ0) is 38.8. The summed E-state index contributed by atoms with van der Waals surface area (Å²) in [6.07, 6.45) is 8.12. The summed E-state index contributed by atoms with van der Waals surface area (Å²) in [6.45, 7) is 2.34. The minimum Gasteiger partial charge on any atom is -0.358 e. The average Bonchev–Trinajstić information content (AvgIpc) is 3.92. The number of rotatable bonds is 12. The largest absolute Gasteiger partial charge is 2.00 e. The van der Waals surface area contributed by atoms with Crippen LogP contribution in [-0.4, -0.2) is 67.2 Å². The molecular weight excluding hydrogens is 789 g/mol. The smallest absolute Gasteiger partial charge is 0.358 e. The summed E-state index contributed by atoms with van der Waals surface area (Å²) in [5, 5.41) is 9.35. The first-order valence-electron chi connectivity index (χ1n) is 21.1. The zero-order valence-corrected chi connectivity index (χ0v) is 39.6. The standard InChI is InChI=1S/C29H38N2Si.C23H24Si.2CH3.Fe/c1-30(2)22-24-20-21-29(28(24)23-31(3)4)32(25-14-8-5-9-15-25,26-16-10-6-11-17-26)27-18-12-7-13-19-27;1-4-12-20(13-5-1)24(23-18-10-11-19-23,21-14-6-2-7-15-21)22-16-8-3-9-17-22;;;/h5-19,24,28-29H,20-23H2,1-4H3;1-9,12-17,23H,10-11,18-19H2;2*1H3;/q;;2*-1;+2. The molecule has 6 aromatic carbocycles. The van der Waals surface area contributed by atoms with E-state index in [1.165, 1.54) is 45.1 Å². The summed E-state index contributed by atoms with van der Waals surface area (Å²) in [5.41, 5.74) is 1.46. The molecular formula is C54H68FeN2Si2. The second-order valence-electron chi connectivity index (χ2n) is 16.9. The van der Waals surface area contributed by atoms with Gasteiger partial charge in [-0.05, 0) is 88.7 Å². The third-order valence-electron chi connectivity index (χ3n) is 13.0. The van der Waals surface area contributed by atoms with Crippen molar-refractivity contribution in [2.75, 3.05) is 41.3 Å². The van der Waals surface area contributed by atoms with E-state index < -0.39 is 16.1 Å². The van der Waals surface area contributed by atoms with Gasteiger partial charge in [0.05, 0.1) is 0 Å². The number of hydrogen-bond acceptors (Lipinski definition) is 2. The molecule has 3 unspecified atom stereocenters. The summed E-state index contributed by atoms with van der Waals surface area (Å²) in [7, 11) is 4.71. The van der Waals surface area contributed by atoms with E-state index in [1.54, 1.807) is 31.1 Å². The van der Waals surface area contributed by atoms with Crippen molar-refractivity contribution in [3.63, 3.8) is 0 Å². The topological polar surface area (TPSA) is 6.48 Å². The van der Waals surface area contributed by atoms with Crippen LogP contribution in [0.15, 0.2) is 182 Å². The van der Waals surface area contributed by atoms with Crippen LogP contribution < -0.4 is 31.1 Å². The molecule has 8 rings (SSSR count). The second kappa shape index (κ2) is 22.7. The van der Waals surface area contributed by atoms with Gasteiger partial charge in [-0.3, -0.25) is 0 Å². The fourth-order valence-electron chi connectivity index (χ4n) is 11.0. The van der Waals surface area contributed by atoms with E-state index in [0.29, 0.717) is 11.5 Å². The second-order valence-corrected chi connectivity index (χ2v) is 25.2. The molecule has 0 bridgehead atoms. The van der Waals surface area contributed by atoms with Crippen molar-refractivity contribution in [1.29, 1.82) is 0 Å². The van der Waals surface area contributed by atoms with Crippen molar-refractivity contribution >= 4 is 47.3 Å². The third kappa shape index (κ3) is 10.2. The Morgan fingerprint density at radius 3 is 0.966 bits per heavy atom. The van der Waals surface area contributed by atoms with E-state index in [-0.39, 0.29) is 31.9 Å². The SMILES string of the molecule is CN(C)CC1CCC([Si](c2ccccc2)(c2ccccc2)c2ccccc2)C1CN(C)C.[CH3-].[CH3-].[Fe+2].c1ccc([Si](c2ccccc2)(c2ccccc2)C2CCCC2)cc1. The maximum atomic E-state index is 2.42. The minimum atomic E-state index is -2.26. The van der Waals surface area contributed by atoms with Gasteiger partial charge in [0.1, 0.15) is 0 Å². The fourth-order valence-corrected chi connectivity index (χ4v) is 22.9. The Balaban J connectivity index is 0.000000256. The normalized spacial score (nSPS) is 17.9. The molecule has 59 heavy (non-hydrogen) atoms. The molecule has 2 aliphatic carbocycles. The van der Waals surface area contributed by atoms with Gasteiger partial charge < -0.3 is 24.7 Å². The Hall–Kier alpha value is -3.81. The molecule has 5 heteroatoms. The average molecular weight is 857 g/mol. The van der Waals surface area contributed by atoms with Crippen LogP contribution in [-0.2, 0) is 17.1 Å². The molecule has 2 fully saturated rings. The monoisotopic (exact) mass is 856 g/mol. The van der Waals surface area contributed by atoms with E-state index in [9.17, 15) is 0 Å². The van der Waals surface area contributed by atoms with Crippen LogP contribution in [0, 0.1) is 26.7 Å². The van der Waals surface area contributed by atoms with Gasteiger partial charge in [0.25, 0.3) is 0 Å². The molecule has 0 radical (unpaired) electrons. The number of benzene rings is 6. The molecule has 0 N–H and O–H groups in total. The summed E-state index contributed by atoms with van der Waals surface area (Å²) < 4.78 is 0. The predicted octanol–water partition coefficient (Wildman–Crippen LogP) is 8.68. The molecule has 0 heterocycles. The zero-order valence-electron chi connectivity index (χ0n) is 36.5. The third-order valence-corrected chi connectivity index (χ3v) is 24.1. The van der Waals surface area contributed by atoms with Crippen molar-refractivity contribution in [3.05, 3.63) is 197 Å². The molecule has 6 aromatic rings. The van der Waals surface area contributed by atoms with Crippen molar-refractivity contribution in [1.82, 2.24) is 9.80 Å². The van der Waals surface area contributed by atoms with E-state index >= 15 is 0 Å². The first kappa shape index (κ1) is 47.9. The van der Waals surface area contributed by atoms with Gasteiger partial charge in [0, 0.05) is 13.1 Å². The number of hydrogen-bond donors (Lipinski definition) is 0. The van der Waals surface area contributed by atoms with Gasteiger partial charge in [0.15, 0.2) is 16.1 Å². The fraction of sp³-hybridized carbons (Fsp3) is 0.296. The Morgan fingerprint density at radius 1 is 0.390 bits per heavy atom. The van der Waals surface area contributed by atoms with Crippen LogP contribution >= 0.6 is 0 Å². The van der Waals surface area contributed by atoms with Crippen LogP contribution in [0.1, 0.15) is 38.5 Å². The number of nitrogens with zero attached hydrogens (tertiary/aromatic N) is 2. The van der Waals surface area contributed by atoms with E-state index in [1.807, 2.05) is 0 Å². The van der Waals surface area contributed by atoms with Gasteiger partial charge in [-0.1, -0.05) is 214 Å². The van der Waals surface area contributed by atoms with Gasteiger partial charge in [-0.25, -0.2) is 0 Å². The van der Waals surface area contributed by atoms with Crippen LogP contribution in [0.5, 0.6) is 0 Å². The molecule has 2 nitrogen and oxygen atoms in total. The van der Waals surface area contributed by atoms with Crippen LogP contribution in [0.2, 0.25) is 11.1 Å². The van der Waals surface area contributed by atoms with Crippen LogP contribution in [0.4, 0.5) is 0 Å². The molecule has 0 spiro atoms. The maximum absolute atomic E-state index is 2.42. The summed E-state index contributed by atoms with van der Waals surface area (Å²) in [5.74, 6) is 1.42. The van der Waals surface area contributed by atoms with E-state index in [4.69, 9.17) is 0 Å². The molecule has 2 aliphatic rings. The van der Waals surface area contributed by atoms with E-state index in [0.717, 1.165) is 18.0 Å². The predicted molar refractivity (Wildman–Crippen MR) is 260 cm³/mol. The Kier molecular flexibility index (Phi) is 18.4. The Bertz CT molecular complexity index is 1830.